The van der Waals surface area contributed by atoms with E-state index in [2.05, 4.69) is 20.3 Å². The highest BCUT2D eigenvalue weighted by Gasteiger charge is 2.30. The van der Waals surface area contributed by atoms with Gasteiger partial charge in [0.2, 0.25) is 5.82 Å². The number of nitrogens with one attached hydrogen (secondary N) is 1. The first-order chi connectivity index (χ1) is 14.8. The molecule has 0 bridgehead atoms. The van der Waals surface area contributed by atoms with Crippen molar-refractivity contribution in [3.05, 3.63) is 47.0 Å². The van der Waals surface area contributed by atoms with Gasteiger partial charge in [-0.2, -0.15) is 28.4 Å². The minimum atomic E-state index is -4.41. The molecule has 2 heterocycles. The lowest BCUT2D eigenvalue weighted by Crippen LogP contribution is -2.31. The second-order valence-electron chi connectivity index (χ2n) is 7.77. The van der Waals surface area contributed by atoms with E-state index in [0.717, 1.165) is 25.0 Å². The maximum absolute atomic E-state index is 12.9. The number of nitriles is 1. The van der Waals surface area contributed by atoms with E-state index >= 15 is 0 Å². The molecule has 2 N–H and O–H groups in total. The molecule has 0 amide bonds. The molecule has 1 atom stereocenters. The molecule has 0 saturated heterocycles. The zero-order valence-corrected chi connectivity index (χ0v) is 16.8. The monoisotopic (exact) mass is 430 g/mol. The van der Waals surface area contributed by atoms with Crippen molar-refractivity contribution in [1.29, 1.82) is 5.26 Å². The van der Waals surface area contributed by atoms with Crippen LogP contribution in [0.15, 0.2) is 24.3 Å². The second-order valence-corrected chi connectivity index (χ2v) is 7.77. The number of aliphatic hydroxyl groups excluding tert-OH is 1. The van der Waals surface area contributed by atoms with Gasteiger partial charge in [-0.25, -0.2) is 4.98 Å². The summed E-state index contributed by atoms with van der Waals surface area (Å²) in [4.78, 5) is 12.8. The third-order valence-corrected chi connectivity index (χ3v) is 5.77. The topological polar surface area (TPSA) is 99.7 Å². The van der Waals surface area contributed by atoms with E-state index in [4.69, 9.17) is 0 Å². The molecule has 10 heteroatoms. The molecule has 0 aliphatic heterocycles. The number of hydrogen-bond donors (Lipinski definition) is 2. The Bertz CT molecular complexity index is 1130. The van der Waals surface area contributed by atoms with Gasteiger partial charge in [0, 0.05) is 12.6 Å². The number of halogens is 3. The average molecular weight is 430 g/mol. The van der Waals surface area contributed by atoms with Crippen molar-refractivity contribution in [2.45, 2.75) is 51.6 Å². The minimum absolute atomic E-state index is 0.0421. The molecule has 7 nitrogen and oxygen atoms in total. The Morgan fingerprint density at radius 2 is 1.94 bits per heavy atom. The summed E-state index contributed by atoms with van der Waals surface area (Å²) in [6.45, 7) is 1.83. The maximum Gasteiger partial charge on any atom is 0.416 e. The van der Waals surface area contributed by atoms with E-state index in [1.54, 1.807) is 4.57 Å². The predicted molar refractivity (Wildman–Crippen MR) is 107 cm³/mol. The van der Waals surface area contributed by atoms with E-state index in [1.165, 1.54) is 18.6 Å². The molecule has 162 valence electrons. The molecule has 0 unspecified atom stereocenters. The predicted octanol–water partition coefficient (Wildman–Crippen LogP) is 3.86. The van der Waals surface area contributed by atoms with Crippen LogP contribution in [0, 0.1) is 17.2 Å². The first-order valence-electron chi connectivity index (χ1n) is 10.0. The highest BCUT2D eigenvalue weighted by molar-refractivity contribution is 5.84. The summed E-state index contributed by atoms with van der Waals surface area (Å²) in [6.07, 6.45) is -1.01. The number of anilines is 1. The van der Waals surface area contributed by atoms with Crippen LogP contribution in [0.1, 0.15) is 49.0 Å². The van der Waals surface area contributed by atoms with Crippen LogP contribution in [-0.2, 0) is 19.3 Å². The number of aliphatic hydroxyl groups is 1. The minimum Gasteiger partial charge on any atom is -0.388 e. The van der Waals surface area contributed by atoms with Gasteiger partial charge in [0.1, 0.15) is 24.0 Å². The van der Waals surface area contributed by atoms with Gasteiger partial charge in [-0.05, 0) is 43.4 Å². The fourth-order valence-electron chi connectivity index (χ4n) is 3.78. The number of aromatic nitrogens is 4. The summed E-state index contributed by atoms with van der Waals surface area (Å²) in [7, 11) is 0. The Morgan fingerprint density at radius 1 is 1.23 bits per heavy atom. The molecule has 1 aromatic carbocycles. The van der Waals surface area contributed by atoms with Crippen molar-refractivity contribution in [3.63, 3.8) is 0 Å². The Morgan fingerprint density at radius 3 is 2.48 bits per heavy atom. The SMILES string of the molecule is C[C@@H](Nc1nc(C#N)nc2nc(CO)n(Cc3ccc(C(F)(F)F)cc3)c12)C1CCC1. The van der Waals surface area contributed by atoms with Gasteiger partial charge in [0.15, 0.2) is 11.5 Å². The van der Waals surface area contributed by atoms with Gasteiger partial charge in [0.25, 0.3) is 0 Å². The fourth-order valence-corrected chi connectivity index (χ4v) is 3.78. The number of imidazole rings is 1. The van der Waals surface area contributed by atoms with Crippen LogP contribution in [-0.4, -0.2) is 30.7 Å². The van der Waals surface area contributed by atoms with Gasteiger partial charge in [0.05, 0.1) is 5.56 Å². The molecule has 31 heavy (non-hydrogen) atoms. The molecule has 0 spiro atoms. The van der Waals surface area contributed by atoms with Crippen LogP contribution in [0.5, 0.6) is 0 Å². The first-order valence-corrected chi connectivity index (χ1v) is 10.0. The average Bonchev–Trinajstić information content (AvgIpc) is 3.03. The zero-order chi connectivity index (χ0) is 22.2. The Kier molecular flexibility index (Phi) is 5.54. The summed E-state index contributed by atoms with van der Waals surface area (Å²) in [6, 6.07) is 6.87. The third kappa shape index (κ3) is 4.18. The molecule has 4 rings (SSSR count). The van der Waals surface area contributed by atoms with Gasteiger partial charge >= 0.3 is 6.18 Å². The van der Waals surface area contributed by atoms with Crippen molar-refractivity contribution in [2.24, 2.45) is 5.92 Å². The Hall–Kier alpha value is -3.19. The van der Waals surface area contributed by atoms with E-state index < -0.39 is 18.3 Å². The van der Waals surface area contributed by atoms with Gasteiger partial charge in [-0.15, -0.1) is 0 Å². The van der Waals surface area contributed by atoms with Gasteiger partial charge in [-0.1, -0.05) is 18.6 Å². The largest absolute Gasteiger partial charge is 0.416 e. The summed E-state index contributed by atoms with van der Waals surface area (Å²) in [5.74, 6) is 1.18. The highest BCUT2D eigenvalue weighted by Crippen LogP contribution is 2.33. The van der Waals surface area contributed by atoms with Crippen molar-refractivity contribution in [2.75, 3.05) is 5.32 Å². The van der Waals surface area contributed by atoms with E-state index in [0.29, 0.717) is 28.6 Å². The lowest BCUT2D eigenvalue weighted by atomic mass is 9.80. The normalized spacial score (nSPS) is 15.5. The Balaban J connectivity index is 1.75. The van der Waals surface area contributed by atoms with E-state index in [1.807, 2.05) is 13.0 Å². The molecular weight excluding hydrogens is 409 g/mol. The number of benzene rings is 1. The van der Waals surface area contributed by atoms with Crippen molar-refractivity contribution in [1.82, 2.24) is 19.5 Å². The number of alkyl halides is 3. The molecule has 1 aliphatic carbocycles. The molecule has 2 aromatic heterocycles. The number of nitrogens with zero attached hydrogens (tertiary/aromatic N) is 5. The van der Waals surface area contributed by atoms with Crippen molar-refractivity contribution in [3.8, 4) is 6.07 Å². The number of rotatable bonds is 6. The zero-order valence-electron chi connectivity index (χ0n) is 16.8. The quantitative estimate of drug-likeness (QED) is 0.616. The van der Waals surface area contributed by atoms with Crippen LogP contribution in [0.3, 0.4) is 0 Å². The highest BCUT2D eigenvalue weighted by atomic mass is 19.4. The molecule has 1 aliphatic rings. The van der Waals surface area contributed by atoms with E-state index in [9.17, 15) is 23.5 Å². The van der Waals surface area contributed by atoms with E-state index in [-0.39, 0.29) is 24.1 Å². The van der Waals surface area contributed by atoms with Crippen LogP contribution >= 0.6 is 0 Å². The standard InChI is InChI=1S/C21H21F3N6O/c1-12(14-3-2-4-14)26-19-18-20(28-16(9-25)27-19)29-17(11-31)30(18)10-13-5-7-15(8-6-13)21(22,23)24/h5-8,12,14,31H,2-4,10-11H2,1H3,(H,26,27,28)/t12-/m1/s1. The Labute approximate surface area is 176 Å². The van der Waals surface area contributed by atoms with Crippen LogP contribution in [0.2, 0.25) is 0 Å². The van der Waals surface area contributed by atoms with Gasteiger partial charge < -0.3 is 15.0 Å². The summed E-state index contributed by atoms with van der Waals surface area (Å²) < 4.78 is 40.3. The first kappa shape index (κ1) is 21.1. The molecule has 3 aromatic rings. The third-order valence-electron chi connectivity index (χ3n) is 5.77. The summed E-state index contributed by atoms with van der Waals surface area (Å²) >= 11 is 0. The fraction of sp³-hybridized carbons (Fsp3) is 0.429. The lowest BCUT2D eigenvalue weighted by Gasteiger charge is -2.32. The molecule has 1 saturated carbocycles. The van der Waals surface area contributed by atoms with Crippen molar-refractivity contribution < 1.29 is 18.3 Å². The number of hydrogen-bond acceptors (Lipinski definition) is 6. The van der Waals surface area contributed by atoms with Crippen LogP contribution in [0.4, 0.5) is 19.0 Å². The molecular formula is C21H21F3N6O. The van der Waals surface area contributed by atoms with Crippen molar-refractivity contribution >= 4 is 17.0 Å². The second kappa shape index (κ2) is 8.15. The van der Waals surface area contributed by atoms with Crippen LogP contribution in [0.25, 0.3) is 11.2 Å². The molecule has 0 radical (unpaired) electrons. The molecule has 1 fully saturated rings. The van der Waals surface area contributed by atoms with Crippen LogP contribution < -0.4 is 5.32 Å². The smallest absolute Gasteiger partial charge is 0.388 e. The maximum atomic E-state index is 12.9. The number of fused-ring (bicyclic) bond motifs is 1. The van der Waals surface area contributed by atoms with Gasteiger partial charge in [-0.3, -0.25) is 0 Å². The summed E-state index contributed by atoms with van der Waals surface area (Å²) in [5, 5.41) is 22.5. The lowest BCUT2D eigenvalue weighted by molar-refractivity contribution is -0.137. The summed E-state index contributed by atoms with van der Waals surface area (Å²) in [5.41, 5.74) is 0.636.